The lowest BCUT2D eigenvalue weighted by molar-refractivity contribution is -0.0711. The molecule has 4 aliphatic carbocycles. The molecule has 0 aliphatic heterocycles. The number of rotatable bonds is 5. The van der Waals surface area contributed by atoms with Gasteiger partial charge in [-0.05, 0) is 85.9 Å². The Morgan fingerprint density at radius 3 is 2.21 bits per heavy atom. The fraction of sp³-hybridized carbons (Fsp3) is 0.667. The van der Waals surface area contributed by atoms with E-state index in [0.717, 1.165) is 29.4 Å². The lowest BCUT2D eigenvalue weighted by Crippen LogP contribution is -2.57. The Labute approximate surface area is 151 Å². The van der Waals surface area contributed by atoms with Crippen LogP contribution in [-0.4, -0.2) is 11.2 Å². The minimum atomic E-state index is 0.516. The molecular formula is C21H30N2S. The van der Waals surface area contributed by atoms with Gasteiger partial charge >= 0.3 is 0 Å². The van der Waals surface area contributed by atoms with Crippen molar-refractivity contribution in [3.63, 3.8) is 0 Å². The van der Waals surface area contributed by atoms with Crippen LogP contribution in [0.1, 0.15) is 57.4 Å². The van der Waals surface area contributed by atoms with Crippen molar-refractivity contribution >= 4 is 17.3 Å². The van der Waals surface area contributed by atoms with Crippen molar-refractivity contribution in [3.05, 3.63) is 35.9 Å². The molecule has 1 atom stereocenters. The van der Waals surface area contributed by atoms with E-state index in [0.29, 0.717) is 11.5 Å². The van der Waals surface area contributed by atoms with Gasteiger partial charge in [0.1, 0.15) is 0 Å². The van der Waals surface area contributed by atoms with Crippen molar-refractivity contribution in [2.24, 2.45) is 23.2 Å². The summed E-state index contributed by atoms with van der Waals surface area (Å²) in [6, 6.07) is 11.1. The van der Waals surface area contributed by atoms with Crippen LogP contribution < -0.4 is 10.6 Å². The Balaban J connectivity index is 1.38. The molecule has 4 aliphatic rings. The molecule has 5 rings (SSSR count). The van der Waals surface area contributed by atoms with Crippen LogP contribution in [0.3, 0.4) is 0 Å². The molecule has 0 heterocycles. The van der Waals surface area contributed by atoms with E-state index in [9.17, 15) is 0 Å². The second-order valence-corrected chi connectivity index (χ2v) is 8.96. The van der Waals surface area contributed by atoms with Crippen molar-refractivity contribution in [1.82, 2.24) is 10.6 Å². The number of thiocarbonyl (C=S) groups is 1. The Kier molecular flexibility index (Phi) is 4.55. The largest absolute Gasteiger partial charge is 0.359 e. The van der Waals surface area contributed by atoms with Gasteiger partial charge in [-0.25, -0.2) is 0 Å². The number of hydrogen-bond acceptors (Lipinski definition) is 1. The summed E-state index contributed by atoms with van der Waals surface area (Å²) in [5.41, 5.74) is 1.80. The van der Waals surface area contributed by atoms with E-state index in [-0.39, 0.29) is 0 Å². The molecule has 24 heavy (non-hydrogen) atoms. The predicted molar refractivity (Wildman–Crippen MR) is 104 cm³/mol. The van der Waals surface area contributed by atoms with Crippen molar-refractivity contribution in [1.29, 1.82) is 0 Å². The maximum Gasteiger partial charge on any atom is 0.166 e. The summed E-state index contributed by atoms with van der Waals surface area (Å²) in [5, 5.41) is 7.97. The molecular weight excluding hydrogens is 312 g/mol. The van der Waals surface area contributed by atoms with E-state index in [1.54, 1.807) is 0 Å². The molecule has 0 saturated heterocycles. The standard InChI is InChI=1S/C21H30N2S/c1-2-19(23-20(24)22-14-15-6-4-3-5-7-15)21-11-16-8-17(12-21)10-18(9-16)13-21/h3-7,16-19H,2,8-14H2,1H3,(H2,22,23,24). The first-order valence-corrected chi connectivity index (χ1v) is 10.2. The SMILES string of the molecule is CCC(NC(=S)NCc1ccccc1)C12CC3CC(CC(C3)C1)C2. The maximum absolute atomic E-state index is 5.63. The normalized spacial score (nSPS) is 34.8. The van der Waals surface area contributed by atoms with Crippen LogP contribution >= 0.6 is 12.2 Å². The van der Waals surface area contributed by atoms with Gasteiger partial charge in [0.15, 0.2) is 5.11 Å². The lowest BCUT2D eigenvalue weighted by Gasteiger charge is -2.59. The molecule has 130 valence electrons. The third-order valence-electron chi connectivity index (χ3n) is 6.83. The molecule has 1 aromatic rings. The molecule has 4 bridgehead atoms. The van der Waals surface area contributed by atoms with Gasteiger partial charge in [-0.1, -0.05) is 37.3 Å². The highest BCUT2D eigenvalue weighted by Crippen LogP contribution is 2.61. The highest BCUT2D eigenvalue weighted by Gasteiger charge is 2.53. The second kappa shape index (κ2) is 6.67. The van der Waals surface area contributed by atoms with E-state index >= 15 is 0 Å². The number of hydrogen-bond donors (Lipinski definition) is 2. The Bertz CT molecular complexity index is 547. The fourth-order valence-electron chi connectivity index (χ4n) is 6.28. The molecule has 2 nitrogen and oxygen atoms in total. The third-order valence-corrected chi connectivity index (χ3v) is 7.10. The van der Waals surface area contributed by atoms with Crippen LogP contribution in [-0.2, 0) is 6.54 Å². The molecule has 2 N–H and O–H groups in total. The van der Waals surface area contributed by atoms with Gasteiger partial charge in [0.25, 0.3) is 0 Å². The zero-order chi connectivity index (χ0) is 16.6. The topological polar surface area (TPSA) is 24.1 Å². The van der Waals surface area contributed by atoms with Crippen LogP contribution in [0.2, 0.25) is 0 Å². The van der Waals surface area contributed by atoms with Crippen LogP contribution in [0.5, 0.6) is 0 Å². The first-order chi connectivity index (χ1) is 11.7. The van der Waals surface area contributed by atoms with Crippen LogP contribution in [0.25, 0.3) is 0 Å². The van der Waals surface area contributed by atoms with Gasteiger partial charge in [0, 0.05) is 12.6 Å². The molecule has 0 amide bonds. The average Bonchev–Trinajstić information content (AvgIpc) is 2.57. The summed E-state index contributed by atoms with van der Waals surface area (Å²) in [5.74, 6) is 2.99. The Hall–Kier alpha value is -1.09. The highest BCUT2D eigenvalue weighted by molar-refractivity contribution is 7.80. The summed E-state index contributed by atoms with van der Waals surface area (Å²) in [4.78, 5) is 0. The molecule has 3 heteroatoms. The van der Waals surface area contributed by atoms with Gasteiger partial charge in [-0.15, -0.1) is 0 Å². The highest BCUT2D eigenvalue weighted by atomic mass is 32.1. The molecule has 0 spiro atoms. The maximum atomic E-state index is 5.63. The Morgan fingerprint density at radius 2 is 1.67 bits per heavy atom. The summed E-state index contributed by atoms with van der Waals surface area (Å²) < 4.78 is 0. The van der Waals surface area contributed by atoms with E-state index < -0.39 is 0 Å². The first kappa shape index (κ1) is 16.4. The molecule has 1 aromatic carbocycles. The van der Waals surface area contributed by atoms with Crippen molar-refractivity contribution < 1.29 is 0 Å². The average molecular weight is 343 g/mol. The quantitative estimate of drug-likeness (QED) is 0.762. The van der Waals surface area contributed by atoms with E-state index in [1.807, 2.05) is 0 Å². The lowest BCUT2D eigenvalue weighted by atomic mass is 9.47. The van der Waals surface area contributed by atoms with Gasteiger partial charge in [-0.2, -0.15) is 0 Å². The summed E-state index contributed by atoms with van der Waals surface area (Å²) in [6.45, 7) is 3.14. The number of nitrogens with one attached hydrogen (secondary N) is 2. The molecule has 4 fully saturated rings. The summed E-state index contributed by atoms with van der Waals surface area (Å²) >= 11 is 5.63. The molecule has 4 saturated carbocycles. The van der Waals surface area contributed by atoms with Gasteiger partial charge in [0.2, 0.25) is 0 Å². The van der Waals surface area contributed by atoms with Crippen molar-refractivity contribution in [3.8, 4) is 0 Å². The van der Waals surface area contributed by atoms with E-state index in [4.69, 9.17) is 12.2 Å². The van der Waals surface area contributed by atoms with Crippen molar-refractivity contribution in [2.45, 2.75) is 64.5 Å². The van der Waals surface area contributed by atoms with Crippen LogP contribution in [0.15, 0.2) is 30.3 Å². The molecule has 0 radical (unpaired) electrons. The Morgan fingerprint density at radius 1 is 1.08 bits per heavy atom. The fourth-order valence-corrected chi connectivity index (χ4v) is 6.49. The number of benzene rings is 1. The second-order valence-electron chi connectivity index (χ2n) is 8.55. The molecule has 1 unspecified atom stereocenters. The smallest absolute Gasteiger partial charge is 0.166 e. The van der Waals surface area contributed by atoms with Crippen LogP contribution in [0.4, 0.5) is 0 Å². The van der Waals surface area contributed by atoms with Gasteiger partial charge in [-0.3, -0.25) is 0 Å². The van der Waals surface area contributed by atoms with Gasteiger partial charge < -0.3 is 10.6 Å². The minimum Gasteiger partial charge on any atom is -0.359 e. The van der Waals surface area contributed by atoms with Gasteiger partial charge in [0.05, 0.1) is 0 Å². The summed E-state index contributed by atoms with van der Waals surface area (Å²) in [7, 11) is 0. The minimum absolute atomic E-state index is 0.516. The zero-order valence-corrected chi connectivity index (χ0v) is 15.6. The summed E-state index contributed by atoms with van der Waals surface area (Å²) in [6.07, 6.45) is 10.0. The predicted octanol–water partition coefficient (Wildman–Crippen LogP) is 4.65. The zero-order valence-electron chi connectivity index (χ0n) is 14.8. The first-order valence-electron chi connectivity index (χ1n) is 9.75. The van der Waals surface area contributed by atoms with E-state index in [1.165, 1.54) is 50.5 Å². The third kappa shape index (κ3) is 3.20. The van der Waals surface area contributed by atoms with Crippen LogP contribution in [0, 0.1) is 23.2 Å². The monoisotopic (exact) mass is 342 g/mol. The van der Waals surface area contributed by atoms with Crippen molar-refractivity contribution in [2.75, 3.05) is 0 Å². The molecule has 0 aromatic heterocycles. The van der Waals surface area contributed by atoms with E-state index in [2.05, 4.69) is 47.9 Å².